The zero-order valence-electron chi connectivity index (χ0n) is 17.1. The summed E-state index contributed by atoms with van der Waals surface area (Å²) in [6, 6.07) is 8.50. The van der Waals surface area contributed by atoms with E-state index in [9.17, 15) is 31.0 Å². The van der Waals surface area contributed by atoms with Crippen molar-refractivity contribution < 1.29 is 35.7 Å². The van der Waals surface area contributed by atoms with Crippen LogP contribution in [0.2, 0.25) is 0 Å². The minimum Gasteiger partial charge on any atom is -0.455 e. The van der Waals surface area contributed by atoms with Crippen molar-refractivity contribution in [3.8, 4) is 11.5 Å². The number of amides is 1. The van der Waals surface area contributed by atoms with E-state index in [4.69, 9.17) is 9.52 Å². The van der Waals surface area contributed by atoms with E-state index in [0.717, 1.165) is 24.5 Å². The van der Waals surface area contributed by atoms with Gasteiger partial charge in [-0.1, -0.05) is 6.07 Å². The maximum absolute atomic E-state index is 14.9. The molecular formula is C21H16F5N3O3S. The first-order valence-electron chi connectivity index (χ1n) is 9.13. The molecular weight excluding hydrogens is 469 g/mol. The number of ether oxygens (including phenoxy) is 1. The fraction of sp³-hybridized carbons (Fsp3) is 0.143. The molecule has 33 heavy (non-hydrogen) atoms. The molecule has 3 rings (SSSR count). The highest BCUT2D eigenvalue weighted by atomic mass is 32.2. The van der Waals surface area contributed by atoms with E-state index >= 15 is 0 Å². The highest BCUT2D eigenvalue weighted by Crippen LogP contribution is 2.38. The Hall–Kier alpha value is -3.54. The third-order valence-corrected chi connectivity index (χ3v) is 5.55. The van der Waals surface area contributed by atoms with Crippen LogP contribution < -0.4 is 10.1 Å². The van der Waals surface area contributed by atoms with E-state index in [2.05, 4.69) is 10.3 Å². The number of benzene rings is 2. The zero-order chi connectivity index (χ0) is 24.6. The number of carbonyl (C=O) groups excluding carboxylic acids is 1. The van der Waals surface area contributed by atoms with Crippen LogP contribution in [0.1, 0.15) is 21.6 Å². The van der Waals surface area contributed by atoms with Crippen LogP contribution in [0.25, 0.3) is 0 Å². The summed E-state index contributed by atoms with van der Waals surface area (Å²) in [7, 11) is -3.15. The molecule has 1 heterocycles. The van der Waals surface area contributed by atoms with Crippen molar-refractivity contribution in [1.82, 2.24) is 4.98 Å². The fourth-order valence-electron chi connectivity index (χ4n) is 2.83. The summed E-state index contributed by atoms with van der Waals surface area (Å²) >= 11 is 0. The molecule has 0 aliphatic carbocycles. The molecule has 0 bridgehead atoms. The van der Waals surface area contributed by atoms with E-state index in [-0.39, 0.29) is 22.0 Å². The average Bonchev–Trinajstić information content (AvgIpc) is 2.68. The van der Waals surface area contributed by atoms with Gasteiger partial charge in [0.05, 0.1) is 21.0 Å². The van der Waals surface area contributed by atoms with Gasteiger partial charge in [-0.3, -0.25) is 4.79 Å². The number of hydrogen-bond acceptors (Lipinski definition) is 5. The molecule has 1 amide bonds. The molecule has 1 atom stereocenters. The quantitative estimate of drug-likeness (QED) is 0.355. The summed E-state index contributed by atoms with van der Waals surface area (Å²) in [6.07, 6.45) is -3.95. The van der Waals surface area contributed by atoms with Crippen LogP contribution in [0.15, 0.2) is 53.4 Å². The van der Waals surface area contributed by atoms with Gasteiger partial charge in [0.15, 0.2) is 5.82 Å². The molecule has 0 spiro atoms. The first-order valence-corrected chi connectivity index (χ1v) is 11.1. The number of anilines is 1. The number of hydrogen-bond donors (Lipinski definition) is 2. The molecule has 3 aromatic rings. The van der Waals surface area contributed by atoms with Gasteiger partial charge < -0.3 is 10.1 Å². The first-order chi connectivity index (χ1) is 15.3. The Bertz CT molecular complexity index is 1340. The number of alkyl halides is 3. The topological polar surface area (TPSA) is 92.1 Å². The monoisotopic (exact) mass is 485 g/mol. The second-order valence-corrected chi connectivity index (χ2v) is 9.10. The average molecular weight is 485 g/mol. The van der Waals surface area contributed by atoms with Crippen LogP contribution in [0, 0.1) is 23.5 Å². The fourth-order valence-corrected chi connectivity index (χ4v) is 3.52. The number of pyridine rings is 1. The Morgan fingerprint density at radius 2 is 1.76 bits per heavy atom. The molecule has 6 nitrogen and oxygen atoms in total. The lowest BCUT2D eigenvalue weighted by Gasteiger charge is -2.17. The van der Waals surface area contributed by atoms with Crippen molar-refractivity contribution in [2.75, 3.05) is 11.6 Å². The summed E-state index contributed by atoms with van der Waals surface area (Å²) in [5.41, 5.74) is -2.75. The molecule has 1 unspecified atom stereocenters. The van der Waals surface area contributed by atoms with Crippen molar-refractivity contribution in [3.63, 3.8) is 0 Å². The third kappa shape index (κ3) is 5.45. The highest BCUT2D eigenvalue weighted by molar-refractivity contribution is 7.91. The number of nitrogens with zero attached hydrogens (tertiary/aromatic N) is 1. The Morgan fingerprint density at radius 3 is 2.36 bits per heavy atom. The van der Waals surface area contributed by atoms with Crippen molar-refractivity contribution in [1.29, 1.82) is 4.78 Å². The summed E-state index contributed by atoms with van der Waals surface area (Å²) in [4.78, 5) is 16.4. The molecule has 2 aromatic carbocycles. The first kappa shape index (κ1) is 24.1. The van der Waals surface area contributed by atoms with E-state index in [1.807, 2.05) is 0 Å². The number of rotatable bonds is 5. The summed E-state index contributed by atoms with van der Waals surface area (Å²) in [6.45, 7) is 1.35. The second-order valence-electron chi connectivity index (χ2n) is 6.94. The Balaban J connectivity index is 2.08. The summed E-state index contributed by atoms with van der Waals surface area (Å²) in [5.74, 6) is -4.66. The Kier molecular flexibility index (Phi) is 6.41. The number of aryl methyl sites for hydroxylation is 1. The van der Waals surface area contributed by atoms with Crippen molar-refractivity contribution in [2.24, 2.45) is 0 Å². The van der Waals surface area contributed by atoms with Gasteiger partial charge in [-0.2, -0.15) is 17.6 Å². The third-order valence-electron chi connectivity index (χ3n) is 4.40. The molecule has 2 N–H and O–H groups in total. The lowest BCUT2D eigenvalue weighted by atomic mass is 10.1. The number of aromatic nitrogens is 1. The zero-order valence-corrected chi connectivity index (χ0v) is 17.9. The van der Waals surface area contributed by atoms with Crippen LogP contribution in [-0.4, -0.2) is 21.4 Å². The number of halogens is 5. The van der Waals surface area contributed by atoms with Crippen molar-refractivity contribution >= 4 is 21.3 Å². The van der Waals surface area contributed by atoms with Gasteiger partial charge in [-0.05, 0) is 49.4 Å². The smallest absolute Gasteiger partial charge is 0.419 e. The lowest BCUT2D eigenvalue weighted by Crippen LogP contribution is -2.19. The van der Waals surface area contributed by atoms with Gasteiger partial charge >= 0.3 is 6.18 Å². The minimum atomic E-state index is -5.09. The van der Waals surface area contributed by atoms with Crippen molar-refractivity contribution in [3.05, 3.63) is 77.1 Å². The van der Waals surface area contributed by atoms with Gasteiger partial charge in [0, 0.05) is 16.8 Å². The molecule has 0 aliphatic heterocycles. The predicted molar refractivity (Wildman–Crippen MR) is 110 cm³/mol. The molecule has 12 heteroatoms. The molecule has 174 valence electrons. The van der Waals surface area contributed by atoms with Gasteiger partial charge in [-0.15, -0.1) is 0 Å². The standard InChI is InChI=1S/C21H16F5N3O3S/c1-11-15(8-9-17(22)28-11)32-16-7-6-14(21(24,25)26)19(23)18(16)20(30)29-12-4-3-5-13(10-12)33(2,27)31/h3-10,27H,1-2H3,(H,29,30). The van der Waals surface area contributed by atoms with E-state index in [1.165, 1.54) is 31.2 Å². The number of nitrogens with one attached hydrogen (secondary N) is 2. The maximum Gasteiger partial charge on any atom is 0.419 e. The SMILES string of the molecule is Cc1nc(F)ccc1Oc1ccc(C(F)(F)F)c(F)c1C(=O)Nc1cccc(S(C)(=N)=O)c1. The van der Waals surface area contributed by atoms with E-state index < -0.39 is 50.5 Å². The van der Waals surface area contributed by atoms with Gasteiger partial charge in [0.2, 0.25) is 5.95 Å². The maximum atomic E-state index is 14.9. The Labute approximate surface area is 185 Å². The van der Waals surface area contributed by atoms with Crippen LogP contribution in [0.4, 0.5) is 27.6 Å². The summed E-state index contributed by atoms with van der Waals surface area (Å²) < 4.78 is 92.9. The van der Waals surface area contributed by atoms with Crippen LogP contribution in [0.5, 0.6) is 11.5 Å². The van der Waals surface area contributed by atoms with Gasteiger partial charge in [-0.25, -0.2) is 18.4 Å². The molecule has 0 saturated carbocycles. The molecule has 0 fully saturated rings. The largest absolute Gasteiger partial charge is 0.455 e. The van der Waals surface area contributed by atoms with E-state index in [0.29, 0.717) is 6.07 Å². The molecule has 0 aliphatic rings. The lowest BCUT2D eigenvalue weighted by molar-refractivity contribution is -0.140. The Morgan fingerprint density at radius 1 is 1.09 bits per heavy atom. The highest BCUT2D eigenvalue weighted by Gasteiger charge is 2.37. The second kappa shape index (κ2) is 8.77. The van der Waals surface area contributed by atoms with Gasteiger partial charge in [0.1, 0.15) is 17.1 Å². The molecule has 0 saturated heterocycles. The number of carbonyl (C=O) groups is 1. The normalized spacial score (nSPS) is 13.3. The predicted octanol–water partition coefficient (Wildman–Crippen LogP) is 5.77. The van der Waals surface area contributed by atoms with Crippen LogP contribution in [0.3, 0.4) is 0 Å². The van der Waals surface area contributed by atoms with E-state index in [1.54, 1.807) is 0 Å². The summed E-state index contributed by atoms with van der Waals surface area (Å²) in [5, 5.41) is 2.23. The van der Waals surface area contributed by atoms with Gasteiger partial charge in [0.25, 0.3) is 5.91 Å². The van der Waals surface area contributed by atoms with Crippen LogP contribution in [-0.2, 0) is 15.9 Å². The minimum absolute atomic E-state index is 0.0162. The molecule has 0 radical (unpaired) electrons. The molecule has 1 aromatic heterocycles. The van der Waals surface area contributed by atoms with Crippen molar-refractivity contribution in [2.45, 2.75) is 18.0 Å². The van der Waals surface area contributed by atoms with Crippen LogP contribution >= 0.6 is 0 Å².